The molecule has 1 aromatic rings. The number of nitrogens with one attached hydrogen (secondary N) is 2. The standard InChI is InChI=1S/C15H17Cl2N3O/c1-10-4-6-15(9-18,7-5-10)20-14(21)19-13-8-11(16)2-3-12(13)17/h2-3,8,10H,4-7H2,1H3,(H2,19,20,21). The molecule has 0 bridgehead atoms. The molecule has 6 heteroatoms. The van der Waals surface area contributed by atoms with Crippen molar-refractivity contribution in [2.24, 2.45) is 5.92 Å². The highest BCUT2D eigenvalue weighted by Crippen LogP contribution is 2.32. The van der Waals surface area contributed by atoms with Gasteiger partial charge in [0.2, 0.25) is 0 Å². The largest absolute Gasteiger partial charge is 0.320 e. The van der Waals surface area contributed by atoms with Gasteiger partial charge in [-0.3, -0.25) is 0 Å². The molecule has 21 heavy (non-hydrogen) atoms. The molecule has 1 saturated carbocycles. The molecule has 2 rings (SSSR count). The molecular weight excluding hydrogens is 309 g/mol. The summed E-state index contributed by atoms with van der Waals surface area (Å²) in [5.41, 5.74) is -0.360. The number of hydrogen-bond acceptors (Lipinski definition) is 2. The summed E-state index contributed by atoms with van der Waals surface area (Å²) in [6.45, 7) is 2.16. The monoisotopic (exact) mass is 325 g/mol. The summed E-state index contributed by atoms with van der Waals surface area (Å²) in [6.07, 6.45) is 3.21. The Morgan fingerprint density at radius 2 is 2.05 bits per heavy atom. The van der Waals surface area contributed by atoms with E-state index in [2.05, 4.69) is 23.6 Å². The van der Waals surface area contributed by atoms with Crippen LogP contribution < -0.4 is 10.6 Å². The highest BCUT2D eigenvalue weighted by Gasteiger charge is 2.35. The highest BCUT2D eigenvalue weighted by atomic mass is 35.5. The summed E-state index contributed by atoms with van der Waals surface area (Å²) >= 11 is 11.9. The maximum Gasteiger partial charge on any atom is 0.320 e. The van der Waals surface area contributed by atoms with Crippen molar-refractivity contribution >= 4 is 34.9 Å². The summed E-state index contributed by atoms with van der Waals surface area (Å²) in [5, 5.41) is 15.7. The molecule has 2 amide bonds. The van der Waals surface area contributed by atoms with Crippen LogP contribution in [0, 0.1) is 17.2 Å². The molecule has 0 aliphatic heterocycles. The maximum atomic E-state index is 12.1. The molecule has 0 aromatic heterocycles. The molecule has 1 aromatic carbocycles. The molecule has 1 aliphatic rings. The summed E-state index contributed by atoms with van der Waals surface area (Å²) < 4.78 is 0. The van der Waals surface area contributed by atoms with E-state index in [-0.39, 0.29) is 0 Å². The van der Waals surface area contributed by atoms with Gasteiger partial charge in [-0.2, -0.15) is 5.26 Å². The lowest BCUT2D eigenvalue weighted by atomic mass is 9.78. The van der Waals surface area contributed by atoms with E-state index in [0.717, 1.165) is 12.8 Å². The lowest BCUT2D eigenvalue weighted by Gasteiger charge is -2.34. The van der Waals surface area contributed by atoms with Gasteiger partial charge in [0.25, 0.3) is 0 Å². The Hall–Kier alpha value is -1.44. The average Bonchev–Trinajstić information content (AvgIpc) is 2.46. The predicted molar refractivity (Wildman–Crippen MR) is 84.6 cm³/mol. The summed E-state index contributed by atoms with van der Waals surface area (Å²) in [7, 11) is 0. The van der Waals surface area contributed by atoms with Gasteiger partial charge in [-0.25, -0.2) is 4.79 Å². The van der Waals surface area contributed by atoms with Crippen molar-refractivity contribution in [3.05, 3.63) is 28.2 Å². The van der Waals surface area contributed by atoms with E-state index >= 15 is 0 Å². The third-order valence-corrected chi connectivity index (χ3v) is 4.44. The Labute approximate surface area is 134 Å². The van der Waals surface area contributed by atoms with Crippen molar-refractivity contribution in [1.82, 2.24) is 5.32 Å². The maximum absolute atomic E-state index is 12.1. The third-order valence-electron chi connectivity index (χ3n) is 3.87. The molecule has 1 fully saturated rings. The van der Waals surface area contributed by atoms with Crippen LogP contribution in [0.25, 0.3) is 0 Å². The Kier molecular flexibility index (Phi) is 4.97. The number of urea groups is 1. The van der Waals surface area contributed by atoms with Crippen LogP contribution in [-0.4, -0.2) is 11.6 Å². The van der Waals surface area contributed by atoms with Crippen molar-refractivity contribution in [3.63, 3.8) is 0 Å². The van der Waals surface area contributed by atoms with Gasteiger partial charge in [-0.15, -0.1) is 0 Å². The third kappa shape index (κ3) is 4.03. The number of amides is 2. The van der Waals surface area contributed by atoms with Crippen LogP contribution in [0.15, 0.2) is 18.2 Å². The number of rotatable bonds is 2. The first-order valence-corrected chi connectivity index (χ1v) is 7.65. The molecule has 0 spiro atoms. The fourth-order valence-electron chi connectivity index (χ4n) is 2.48. The van der Waals surface area contributed by atoms with Crippen LogP contribution in [0.4, 0.5) is 10.5 Å². The first-order valence-electron chi connectivity index (χ1n) is 6.89. The van der Waals surface area contributed by atoms with Gasteiger partial charge in [0.05, 0.1) is 16.8 Å². The molecule has 2 N–H and O–H groups in total. The molecule has 0 radical (unpaired) electrons. The van der Waals surface area contributed by atoms with Gasteiger partial charge < -0.3 is 10.6 Å². The van der Waals surface area contributed by atoms with E-state index < -0.39 is 11.6 Å². The Morgan fingerprint density at radius 3 is 2.67 bits per heavy atom. The quantitative estimate of drug-likeness (QED) is 0.835. The number of carbonyl (C=O) groups excluding carboxylic acids is 1. The van der Waals surface area contributed by atoms with Crippen molar-refractivity contribution in [2.75, 3.05) is 5.32 Å². The normalized spacial score (nSPS) is 25.0. The van der Waals surface area contributed by atoms with Crippen molar-refractivity contribution < 1.29 is 4.79 Å². The number of hydrogen-bond donors (Lipinski definition) is 2. The topological polar surface area (TPSA) is 64.9 Å². The first-order chi connectivity index (χ1) is 9.94. The summed E-state index contributed by atoms with van der Waals surface area (Å²) in [6, 6.07) is 6.65. The van der Waals surface area contributed by atoms with E-state index in [9.17, 15) is 10.1 Å². The van der Waals surface area contributed by atoms with Crippen LogP contribution in [0.1, 0.15) is 32.6 Å². The van der Waals surface area contributed by atoms with Gasteiger partial charge in [0.1, 0.15) is 5.54 Å². The number of nitrogens with zero attached hydrogens (tertiary/aromatic N) is 1. The first kappa shape index (κ1) is 15.9. The average molecular weight is 326 g/mol. The predicted octanol–water partition coefficient (Wildman–Crippen LogP) is 4.59. The van der Waals surface area contributed by atoms with Crippen molar-refractivity contribution in [2.45, 2.75) is 38.1 Å². The van der Waals surface area contributed by atoms with Gasteiger partial charge in [0.15, 0.2) is 0 Å². The van der Waals surface area contributed by atoms with Crippen molar-refractivity contribution in [3.8, 4) is 6.07 Å². The molecule has 0 atom stereocenters. The minimum Gasteiger partial charge on any atom is -0.319 e. The number of benzene rings is 1. The number of anilines is 1. The van der Waals surface area contributed by atoms with Crippen LogP contribution in [0.3, 0.4) is 0 Å². The smallest absolute Gasteiger partial charge is 0.319 e. The van der Waals surface area contributed by atoms with E-state index in [1.165, 1.54) is 0 Å². The second kappa shape index (κ2) is 6.55. The SMILES string of the molecule is CC1CCC(C#N)(NC(=O)Nc2cc(Cl)ccc2Cl)CC1. The lowest BCUT2D eigenvalue weighted by Crippen LogP contribution is -2.51. The Bertz CT molecular complexity index is 575. The number of nitriles is 1. The van der Waals surface area contributed by atoms with Gasteiger partial charge >= 0.3 is 6.03 Å². The lowest BCUT2D eigenvalue weighted by molar-refractivity contribution is 0.222. The Morgan fingerprint density at radius 1 is 1.38 bits per heavy atom. The zero-order valence-corrected chi connectivity index (χ0v) is 13.3. The van der Waals surface area contributed by atoms with Crippen LogP contribution >= 0.6 is 23.2 Å². The van der Waals surface area contributed by atoms with Gasteiger partial charge in [-0.1, -0.05) is 30.1 Å². The van der Waals surface area contributed by atoms with E-state index in [4.69, 9.17) is 23.2 Å². The highest BCUT2D eigenvalue weighted by molar-refractivity contribution is 6.35. The second-order valence-corrected chi connectivity index (χ2v) is 6.42. The fraction of sp³-hybridized carbons (Fsp3) is 0.467. The molecular formula is C15H17Cl2N3O. The molecule has 0 heterocycles. The molecule has 0 saturated heterocycles. The van der Waals surface area contributed by atoms with Gasteiger partial charge in [0, 0.05) is 5.02 Å². The zero-order chi connectivity index (χ0) is 15.5. The van der Waals surface area contributed by atoms with E-state index in [0.29, 0.717) is 34.5 Å². The van der Waals surface area contributed by atoms with E-state index in [1.54, 1.807) is 18.2 Å². The van der Waals surface area contributed by atoms with E-state index in [1.807, 2.05) is 0 Å². The van der Waals surface area contributed by atoms with Crippen LogP contribution in [0.2, 0.25) is 10.0 Å². The number of carbonyl (C=O) groups is 1. The molecule has 0 unspecified atom stereocenters. The molecule has 4 nitrogen and oxygen atoms in total. The summed E-state index contributed by atoms with van der Waals surface area (Å²) in [5.74, 6) is 0.596. The minimum atomic E-state index is -0.790. The Balaban J connectivity index is 2.04. The van der Waals surface area contributed by atoms with Gasteiger partial charge in [-0.05, 0) is 49.8 Å². The minimum absolute atomic E-state index is 0.401. The van der Waals surface area contributed by atoms with Crippen LogP contribution in [-0.2, 0) is 0 Å². The second-order valence-electron chi connectivity index (χ2n) is 5.58. The zero-order valence-electron chi connectivity index (χ0n) is 11.7. The summed E-state index contributed by atoms with van der Waals surface area (Å²) in [4.78, 5) is 12.1. The molecule has 1 aliphatic carbocycles. The van der Waals surface area contributed by atoms with Crippen molar-refractivity contribution in [1.29, 1.82) is 5.26 Å². The number of halogens is 2. The molecule has 112 valence electrons. The fourth-order valence-corrected chi connectivity index (χ4v) is 2.82. The van der Waals surface area contributed by atoms with Crippen LogP contribution in [0.5, 0.6) is 0 Å².